The van der Waals surface area contributed by atoms with Gasteiger partial charge >= 0.3 is 6.18 Å². The predicted octanol–water partition coefficient (Wildman–Crippen LogP) is 2.30. The van der Waals surface area contributed by atoms with Gasteiger partial charge in [0.05, 0.1) is 12.0 Å². The van der Waals surface area contributed by atoms with E-state index in [2.05, 4.69) is 5.16 Å². The largest absolute Gasteiger partial charge is 0.409 e. The molecular formula is C12H15F4N3O. The SMILES string of the molecule is CN(CCC(F)(F)F)Cc1cccc(/C(N)=N/O)c1F. The van der Waals surface area contributed by atoms with E-state index in [9.17, 15) is 17.6 Å². The second-order valence-electron chi connectivity index (χ2n) is 4.37. The maximum atomic E-state index is 14.0. The van der Waals surface area contributed by atoms with Gasteiger partial charge in [-0.2, -0.15) is 13.2 Å². The fourth-order valence-electron chi connectivity index (χ4n) is 1.64. The molecule has 0 atom stereocenters. The molecule has 0 spiro atoms. The van der Waals surface area contributed by atoms with E-state index in [1.807, 2.05) is 0 Å². The summed E-state index contributed by atoms with van der Waals surface area (Å²) in [6.07, 6.45) is -5.21. The Labute approximate surface area is 113 Å². The van der Waals surface area contributed by atoms with Gasteiger partial charge in [-0.15, -0.1) is 0 Å². The molecule has 1 aromatic carbocycles. The number of nitrogens with zero attached hydrogens (tertiary/aromatic N) is 2. The fourth-order valence-corrected chi connectivity index (χ4v) is 1.64. The van der Waals surface area contributed by atoms with Crippen LogP contribution in [0.1, 0.15) is 17.5 Å². The van der Waals surface area contributed by atoms with Crippen LogP contribution in [-0.2, 0) is 6.54 Å². The van der Waals surface area contributed by atoms with Crippen molar-refractivity contribution in [3.63, 3.8) is 0 Å². The molecule has 4 nitrogen and oxygen atoms in total. The van der Waals surface area contributed by atoms with Gasteiger partial charge < -0.3 is 15.8 Å². The van der Waals surface area contributed by atoms with E-state index < -0.39 is 18.4 Å². The van der Waals surface area contributed by atoms with Gasteiger partial charge in [0, 0.05) is 18.7 Å². The molecule has 0 aromatic heterocycles. The van der Waals surface area contributed by atoms with Crippen molar-refractivity contribution in [2.45, 2.75) is 19.1 Å². The summed E-state index contributed by atoms with van der Waals surface area (Å²) >= 11 is 0. The maximum Gasteiger partial charge on any atom is 0.390 e. The summed E-state index contributed by atoms with van der Waals surface area (Å²) in [5, 5.41) is 11.2. The number of benzene rings is 1. The lowest BCUT2D eigenvalue weighted by molar-refractivity contribution is -0.137. The highest BCUT2D eigenvalue weighted by molar-refractivity contribution is 5.97. The summed E-state index contributed by atoms with van der Waals surface area (Å²) < 4.78 is 50.3. The normalized spacial score (nSPS) is 13.0. The molecule has 8 heteroatoms. The molecule has 112 valence electrons. The van der Waals surface area contributed by atoms with Crippen LogP contribution >= 0.6 is 0 Å². The number of halogens is 4. The van der Waals surface area contributed by atoms with Crippen molar-refractivity contribution in [3.05, 3.63) is 35.1 Å². The molecular weight excluding hydrogens is 278 g/mol. The molecule has 0 unspecified atom stereocenters. The monoisotopic (exact) mass is 293 g/mol. The van der Waals surface area contributed by atoms with E-state index in [0.29, 0.717) is 0 Å². The summed E-state index contributed by atoms with van der Waals surface area (Å²) in [4.78, 5) is 1.35. The van der Waals surface area contributed by atoms with Crippen molar-refractivity contribution >= 4 is 5.84 Å². The van der Waals surface area contributed by atoms with Crippen molar-refractivity contribution in [2.75, 3.05) is 13.6 Å². The van der Waals surface area contributed by atoms with Gasteiger partial charge in [0.1, 0.15) is 5.82 Å². The highest BCUT2D eigenvalue weighted by atomic mass is 19.4. The number of alkyl halides is 3. The first-order valence-corrected chi connectivity index (χ1v) is 5.75. The second kappa shape index (κ2) is 6.56. The van der Waals surface area contributed by atoms with Gasteiger partial charge in [0.15, 0.2) is 5.84 Å². The Bertz CT molecular complexity index is 488. The van der Waals surface area contributed by atoms with Crippen LogP contribution in [0.2, 0.25) is 0 Å². The molecule has 0 amide bonds. The van der Waals surface area contributed by atoms with Crippen molar-refractivity contribution in [2.24, 2.45) is 10.9 Å². The maximum absolute atomic E-state index is 14.0. The molecule has 0 saturated heterocycles. The first kappa shape index (κ1) is 16.2. The molecule has 0 saturated carbocycles. The zero-order valence-electron chi connectivity index (χ0n) is 10.8. The molecule has 1 aromatic rings. The minimum Gasteiger partial charge on any atom is -0.409 e. The number of amidine groups is 1. The van der Waals surface area contributed by atoms with Crippen LogP contribution in [0.3, 0.4) is 0 Å². The zero-order valence-corrected chi connectivity index (χ0v) is 10.8. The topological polar surface area (TPSA) is 61.8 Å². The molecule has 0 aliphatic heterocycles. The molecule has 1 rings (SSSR count). The molecule has 0 fully saturated rings. The van der Waals surface area contributed by atoms with Crippen molar-refractivity contribution < 1.29 is 22.8 Å². The first-order valence-electron chi connectivity index (χ1n) is 5.75. The van der Waals surface area contributed by atoms with E-state index in [-0.39, 0.29) is 30.1 Å². The number of hydrogen-bond donors (Lipinski definition) is 2. The van der Waals surface area contributed by atoms with Crippen LogP contribution in [0, 0.1) is 5.82 Å². The Kier molecular flexibility index (Phi) is 5.32. The van der Waals surface area contributed by atoms with Gasteiger partial charge in [-0.05, 0) is 13.1 Å². The smallest absolute Gasteiger partial charge is 0.390 e. The Morgan fingerprint density at radius 2 is 2.05 bits per heavy atom. The van der Waals surface area contributed by atoms with Crippen molar-refractivity contribution in [1.29, 1.82) is 0 Å². The van der Waals surface area contributed by atoms with E-state index in [1.165, 1.54) is 30.1 Å². The molecule has 0 bridgehead atoms. The summed E-state index contributed by atoms with van der Waals surface area (Å²) in [5.41, 5.74) is 5.40. The summed E-state index contributed by atoms with van der Waals surface area (Å²) in [5.74, 6) is -1.09. The zero-order chi connectivity index (χ0) is 15.3. The summed E-state index contributed by atoms with van der Waals surface area (Å²) in [6.45, 7) is -0.245. The molecule has 0 aliphatic rings. The van der Waals surface area contributed by atoms with E-state index >= 15 is 0 Å². The minimum absolute atomic E-state index is 0.00549. The van der Waals surface area contributed by atoms with Crippen LogP contribution in [0.5, 0.6) is 0 Å². The molecule has 0 aliphatic carbocycles. The third kappa shape index (κ3) is 4.69. The van der Waals surface area contributed by atoms with Gasteiger partial charge in [0.2, 0.25) is 0 Å². The summed E-state index contributed by atoms with van der Waals surface area (Å²) in [6, 6.07) is 4.25. The molecule has 0 heterocycles. The Morgan fingerprint density at radius 1 is 1.40 bits per heavy atom. The van der Waals surface area contributed by atoms with Gasteiger partial charge in [-0.3, -0.25) is 0 Å². The van der Waals surface area contributed by atoms with Crippen molar-refractivity contribution in [3.8, 4) is 0 Å². The fraction of sp³-hybridized carbons (Fsp3) is 0.417. The van der Waals surface area contributed by atoms with Gasteiger partial charge in [-0.1, -0.05) is 17.3 Å². The third-order valence-corrected chi connectivity index (χ3v) is 2.68. The van der Waals surface area contributed by atoms with Crippen LogP contribution in [0.4, 0.5) is 17.6 Å². The summed E-state index contributed by atoms with van der Waals surface area (Å²) in [7, 11) is 1.46. The first-order chi connectivity index (χ1) is 9.24. The average Bonchev–Trinajstić information content (AvgIpc) is 2.37. The van der Waals surface area contributed by atoms with Crippen LogP contribution in [-0.4, -0.2) is 35.7 Å². The Hall–Kier alpha value is -1.83. The standard InChI is InChI=1S/C12H15F4N3O/c1-19(6-5-12(14,15)16)7-8-3-2-4-9(10(8)13)11(17)18-20/h2-4,20H,5-7H2,1H3,(H2,17,18). The number of hydrogen-bond acceptors (Lipinski definition) is 3. The van der Waals surface area contributed by atoms with Crippen molar-refractivity contribution in [1.82, 2.24) is 4.90 Å². The minimum atomic E-state index is -4.25. The highest BCUT2D eigenvalue weighted by Crippen LogP contribution is 2.20. The number of rotatable bonds is 5. The van der Waals surface area contributed by atoms with Gasteiger partial charge in [-0.25, -0.2) is 4.39 Å². The quantitative estimate of drug-likeness (QED) is 0.288. The lowest BCUT2D eigenvalue weighted by atomic mass is 10.1. The van der Waals surface area contributed by atoms with E-state index in [1.54, 1.807) is 0 Å². The predicted molar refractivity (Wildman–Crippen MR) is 65.9 cm³/mol. The number of oxime groups is 1. The van der Waals surface area contributed by atoms with Crippen LogP contribution in [0.15, 0.2) is 23.4 Å². The highest BCUT2D eigenvalue weighted by Gasteiger charge is 2.27. The van der Waals surface area contributed by atoms with Crippen LogP contribution < -0.4 is 5.73 Å². The van der Waals surface area contributed by atoms with Crippen LogP contribution in [0.25, 0.3) is 0 Å². The average molecular weight is 293 g/mol. The molecule has 3 N–H and O–H groups in total. The lowest BCUT2D eigenvalue weighted by Gasteiger charge is -2.18. The Morgan fingerprint density at radius 3 is 2.60 bits per heavy atom. The van der Waals surface area contributed by atoms with E-state index in [4.69, 9.17) is 10.9 Å². The van der Waals surface area contributed by atoms with Gasteiger partial charge in [0.25, 0.3) is 0 Å². The number of nitrogens with two attached hydrogens (primary N) is 1. The second-order valence-corrected chi connectivity index (χ2v) is 4.37. The third-order valence-electron chi connectivity index (χ3n) is 2.68. The lowest BCUT2D eigenvalue weighted by Crippen LogP contribution is -2.25. The molecule has 20 heavy (non-hydrogen) atoms. The van der Waals surface area contributed by atoms with E-state index in [0.717, 1.165) is 0 Å². The Balaban J connectivity index is 2.78. The molecule has 0 radical (unpaired) electrons.